The molecule has 1 aromatic heterocycles. The number of morpholine rings is 1. The Bertz CT molecular complexity index is 466. The van der Waals surface area contributed by atoms with Crippen LogP contribution in [0.5, 0.6) is 0 Å². The number of hydrogen-bond donors (Lipinski definition) is 1. The molecule has 1 fully saturated rings. The van der Waals surface area contributed by atoms with Gasteiger partial charge in [0.05, 0.1) is 5.56 Å². The SMILES string of the molecule is O=C(O)c1ccc(N2C(=O)COCC2=O)nc1. The van der Waals surface area contributed by atoms with Crippen molar-refractivity contribution in [1.29, 1.82) is 0 Å². The zero-order valence-electron chi connectivity index (χ0n) is 8.62. The Balaban J connectivity index is 2.29. The van der Waals surface area contributed by atoms with Gasteiger partial charge in [-0.15, -0.1) is 0 Å². The van der Waals surface area contributed by atoms with Gasteiger partial charge in [-0.1, -0.05) is 0 Å². The molecule has 0 atom stereocenters. The highest BCUT2D eigenvalue weighted by Gasteiger charge is 2.29. The fraction of sp³-hybridized carbons (Fsp3) is 0.200. The molecule has 0 saturated carbocycles. The highest BCUT2D eigenvalue weighted by atomic mass is 16.5. The summed E-state index contributed by atoms with van der Waals surface area (Å²) in [5.41, 5.74) is -0.0121. The molecule has 1 saturated heterocycles. The molecule has 88 valence electrons. The summed E-state index contributed by atoms with van der Waals surface area (Å²) in [4.78, 5) is 38.2. The van der Waals surface area contributed by atoms with Crippen LogP contribution in [0, 0.1) is 0 Å². The second kappa shape index (κ2) is 4.30. The van der Waals surface area contributed by atoms with Crippen molar-refractivity contribution in [2.45, 2.75) is 0 Å². The van der Waals surface area contributed by atoms with Crippen LogP contribution in [-0.2, 0) is 14.3 Å². The van der Waals surface area contributed by atoms with Crippen molar-refractivity contribution in [3.05, 3.63) is 23.9 Å². The Morgan fingerprint density at radius 2 is 1.94 bits per heavy atom. The number of carboxylic acid groups (broad SMARTS) is 1. The zero-order valence-corrected chi connectivity index (χ0v) is 8.62. The van der Waals surface area contributed by atoms with E-state index in [4.69, 9.17) is 9.84 Å². The lowest BCUT2D eigenvalue weighted by molar-refractivity contribution is -0.138. The number of carboxylic acids is 1. The van der Waals surface area contributed by atoms with Crippen LogP contribution in [-0.4, -0.2) is 41.1 Å². The Kier molecular flexibility index (Phi) is 2.84. The topological polar surface area (TPSA) is 96.8 Å². The number of imide groups is 1. The van der Waals surface area contributed by atoms with E-state index in [1.165, 1.54) is 12.1 Å². The Labute approximate surface area is 95.6 Å². The summed E-state index contributed by atoms with van der Waals surface area (Å²) in [6.45, 7) is -0.373. The molecule has 0 bridgehead atoms. The lowest BCUT2D eigenvalue weighted by Gasteiger charge is -2.23. The number of ether oxygens (including phenoxy) is 1. The first kappa shape index (κ1) is 11.2. The summed E-state index contributed by atoms with van der Waals surface area (Å²) >= 11 is 0. The van der Waals surface area contributed by atoms with E-state index in [9.17, 15) is 14.4 Å². The van der Waals surface area contributed by atoms with Crippen molar-refractivity contribution < 1.29 is 24.2 Å². The summed E-state index contributed by atoms with van der Waals surface area (Å²) < 4.78 is 4.75. The number of amides is 2. The highest BCUT2D eigenvalue weighted by Crippen LogP contribution is 2.14. The van der Waals surface area contributed by atoms with Gasteiger partial charge in [-0.3, -0.25) is 9.59 Å². The molecule has 17 heavy (non-hydrogen) atoms. The molecule has 7 heteroatoms. The van der Waals surface area contributed by atoms with E-state index in [0.717, 1.165) is 11.1 Å². The molecule has 1 aliphatic rings. The van der Waals surface area contributed by atoms with Gasteiger partial charge in [0.1, 0.15) is 19.0 Å². The smallest absolute Gasteiger partial charge is 0.337 e. The van der Waals surface area contributed by atoms with Crippen molar-refractivity contribution in [2.24, 2.45) is 0 Å². The van der Waals surface area contributed by atoms with Gasteiger partial charge in [0, 0.05) is 6.20 Å². The van der Waals surface area contributed by atoms with Crippen LogP contribution in [0.25, 0.3) is 0 Å². The molecule has 0 spiro atoms. The van der Waals surface area contributed by atoms with Gasteiger partial charge in [0.2, 0.25) is 0 Å². The molecule has 7 nitrogen and oxygen atoms in total. The van der Waals surface area contributed by atoms with Crippen LogP contribution >= 0.6 is 0 Å². The van der Waals surface area contributed by atoms with E-state index in [1.54, 1.807) is 0 Å². The number of pyridine rings is 1. The lowest BCUT2D eigenvalue weighted by atomic mass is 10.2. The maximum absolute atomic E-state index is 11.4. The van der Waals surface area contributed by atoms with E-state index in [-0.39, 0.29) is 24.6 Å². The average molecular weight is 236 g/mol. The summed E-state index contributed by atoms with van der Waals surface area (Å²) in [5, 5.41) is 8.68. The third-order valence-electron chi connectivity index (χ3n) is 2.17. The molecule has 1 aromatic rings. The van der Waals surface area contributed by atoms with E-state index < -0.39 is 17.8 Å². The third kappa shape index (κ3) is 2.13. The van der Waals surface area contributed by atoms with Crippen LogP contribution < -0.4 is 4.90 Å². The van der Waals surface area contributed by atoms with Crippen molar-refractivity contribution in [3.8, 4) is 0 Å². The number of aromatic carboxylic acids is 1. The molecule has 1 aliphatic heterocycles. The fourth-order valence-corrected chi connectivity index (χ4v) is 1.39. The molecule has 0 radical (unpaired) electrons. The predicted octanol–water partition coefficient (Wildman–Crippen LogP) is -0.330. The summed E-state index contributed by atoms with van der Waals surface area (Å²) in [6.07, 6.45) is 1.09. The van der Waals surface area contributed by atoms with Gasteiger partial charge in [0.15, 0.2) is 0 Å². The normalized spacial score (nSPS) is 16.1. The Hall–Kier alpha value is -2.28. The number of carbonyl (C=O) groups is 3. The van der Waals surface area contributed by atoms with Crippen LogP contribution in [0.15, 0.2) is 18.3 Å². The Morgan fingerprint density at radius 3 is 2.41 bits per heavy atom. The van der Waals surface area contributed by atoms with Crippen molar-refractivity contribution in [2.75, 3.05) is 18.1 Å². The molecular weight excluding hydrogens is 228 g/mol. The Morgan fingerprint density at radius 1 is 1.29 bits per heavy atom. The van der Waals surface area contributed by atoms with Crippen molar-refractivity contribution >= 4 is 23.6 Å². The molecule has 2 amide bonds. The number of anilines is 1. The molecule has 2 heterocycles. The second-order valence-electron chi connectivity index (χ2n) is 3.33. The van der Waals surface area contributed by atoms with E-state index in [0.29, 0.717) is 0 Å². The number of nitrogens with zero attached hydrogens (tertiary/aromatic N) is 2. The van der Waals surface area contributed by atoms with Gasteiger partial charge in [0.25, 0.3) is 11.8 Å². The van der Waals surface area contributed by atoms with Gasteiger partial charge < -0.3 is 9.84 Å². The monoisotopic (exact) mass is 236 g/mol. The minimum Gasteiger partial charge on any atom is -0.478 e. The zero-order chi connectivity index (χ0) is 12.4. The number of hydrogen-bond acceptors (Lipinski definition) is 5. The number of carbonyl (C=O) groups excluding carboxylic acids is 2. The molecule has 0 unspecified atom stereocenters. The standard InChI is InChI=1S/C10H8N2O5/c13-8-4-17-5-9(14)12(8)7-2-1-6(3-11-7)10(15)16/h1-3H,4-5H2,(H,15,16). The first-order valence-corrected chi connectivity index (χ1v) is 4.72. The quantitative estimate of drug-likeness (QED) is 0.706. The van der Waals surface area contributed by atoms with Crippen molar-refractivity contribution in [3.63, 3.8) is 0 Å². The first-order valence-electron chi connectivity index (χ1n) is 4.72. The van der Waals surface area contributed by atoms with Gasteiger partial charge in [-0.2, -0.15) is 0 Å². The third-order valence-corrected chi connectivity index (χ3v) is 2.17. The highest BCUT2D eigenvalue weighted by molar-refractivity contribution is 6.16. The maximum atomic E-state index is 11.4. The minimum atomic E-state index is -1.12. The van der Waals surface area contributed by atoms with Crippen molar-refractivity contribution in [1.82, 2.24) is 4.98 Å². The summed E-state index contributed by atoms with van der Waals surface area (Å²) in [5.74, 6) is -2.05. The van der Waals surface area contributed by atoms with Gasteiger partial charge >= 0.3 is 5.97 Å². The maximum Gasteiger partial charge on any atom is 0.337 e. The van der Waals surface area contributed by atoms with Crippen LogP contribution in [0.4, 0.5) is 5.82 Å². The number of aromatic nitrogens is 1. The van der Waals surface area contributed by atoms with Crippen LogP contribution in [0.2, 0.25) is 0 Å². The van der Waals surface area contributed by atoms with Crippen LogP contribution in [0.3, 0.4) is 0 Å². The molecule has 0 aliphatic carbocycles. The fourth-order valence-electron chi connectivity index (χ4n) is 1.39. The minimum absolute atomic E-state index is 0.0121. The van der Waals surface area contributed by atoms with Crippen LogP contribution in [0.1, 0.15) is 10.4 Å². The molecule has 1 N–H and O–H groups in total. The summed E-state index contributed by atoms with van der Waals surface area (Å²) in [6, 6.07) is 2.59. The van der Waals surface area contributed by atoms with E-state index in [1.807, 2.05) is 0 Å². The first-order chi connectivity index (χ1) is 8.09. The largest absolute Gasteiger partial charge is 0.478 e. The van der Waals surface area contributed by atoms with Gasteiger partial charge in [-0.05, 0) is 12.1 Å². The van der Waals surface area contributed by atoms with Gasteiger partial charge in [-0.25, -0.2) is 14.7 Å². The molecular formula is C10H8N2O5. The average Bonchev–Trinajstić information content (AvgIpc) is 2.29. The van der Waals surface area contributed by atoms with E-state index in [2.05, 4.69) is 4.98 Å². The summed E-state index contributed by atoms with van der Waals surface area (Å²) in [7, 11) is 0. The van der Waals surface area contributed by atoms with E-state index >= 15 is 0 Å². The second-order valence-corrected chi connectivity index (χ2v) is 3.33. The molecule has 2 rings (SSSR count). The molecule has 0 aromatic carbocycles. The predicted molar refractivity (Wildman–Crippen MR) is 54.5 cm³/mol. The number of rotatable bonds is 2. The lowest BCUT2D eigenvalue weighted by Crippen LogP contribution is -2.46.